The molecule has 2 heterocycles. The van der Waals surface area contributed by atoms with Crippen molar-refractivity contribution in [2.45, 2.75) is 13.2 Å². The number of hydrogen-bond donors (Lipinski definition) is 2. The molecule has 0 radical (unpaired) electrons. The number of nitrogens with one attached hydrogen (secondary N) is 2. The third-order valence-electron chi connectivity index (χ3n) is 3.34. The van der Waals surface area contributed by atoms with Gasteiger partial charge in [0.1, 0.15) is 0 Å². The normalized spacial score (nSPS) is 12.2. The van der Waals surface area contributed by atoms with Crippen LogP contribution in [0.4, 0.5) is 9.93 Å². The molecule has 0 saturated carbocycles. The van der Waals surface area contributed by atoms with E-state index in [1.807, 2.05) is 23.6 Å². The smallest absolute Gasteiger partial charge is 0.321 e. The summed E-state index contributed by atoms with van der Waals surface area (Å²) in [7, 11) is 1.62. The van der Waals surface area contributed by atoms with Crippen LogP contribution in [0.2, 0.25) is 0 Å². The van der Waals surface area contributed by atoms with Crippen LogP contribution in [0, 0.1) is 0 Å². The Morgan fingerprint density at radius 3 is 3.08 bits per heavy atom. The summed E-state index contributed by atoms with van der Waals surface area (Å²) in [6.07, 6.45) is 0. The highest BCUT2D eigenvalue weighted by atomic mass is 32.1. The van der Waals surface area contributed by atoms with Crippen molar-refractivity contribution in [3.63, 3.8) is 0 Å². The second kappa shape index (κ2) is 8.65. The molecule has 0 saturated heterocycles. The summed E-state index contributed by atoms with van der Waals surface area (Å²) in [5.41, 5.74) is 1.69. The van der Waals surface area contributed by atoms with Gasteiger partial charge in [-0.05, 0) is 17.7 Å². The Kier molecular flexibility index (Phi) is 6.04. The maximum Gasteiger partial charge on any atom is 0.321 e. The van der Waals surface area contributed by atoms with E-state index in [1.165, 1.54) is 11.3 Å². The third-order valence-corrected chi connectivity index (χ3v) is 4.15. The van der Waals surface area contributed by atoms with Crippen LogP contribution in [-0.2, 0) is 22.6 Å². The van der Waals surface area contributed by atoms with Crippen LogP contribution >= 0.6 is 11.3 Å². The summed E-state index contributed by atoms with van der Waals surface area (Å²) in [5, 5.41) is 7.86. The minimum Gasteiger partial charge on any atom is -0.454 e. The van der Waals surface area contributed by atoms with Crippen LogP contribution in [-0.4, -0.2) is 38.1 Å². The standard InChI is InChI=1S/C16H19N3O5S/c1-21-4-5-22-8-12-9-25-16(18-12)19-15(20)17-7-11-2-3-13-14(6-11)24-10-23-13/h2-3,6,9H,4-5,7-8,10H2,1H3,(H2,17,18,19,20). The van der Waals surface area contributed by atoms with Crippen LogP contribution in [0.1, 0.15) is 11.3 Å². The molecule has 0 aliphatic carbocycles. The Labute approximate surface area is 149 Å². The van der Waals surface area contributed by atoms with Crippen molar-refractivity contribution in [1.82, 2.24) is 10.3 Å². The first-order chi connectivity index (χ1) is 12.2. The van der Waals surface area contributed by atoms with Gasteiger partial charge < -0.3 is 24.3 Å². The van der Waals surface area contributed by atoms with Gasteiger partial charge in [-0.3, -0.25) is 5.32 Å². The van der Waals surface area contributed by atoms with Crippen molar-refractivity contribution in [3.05, 3.63) is 34.8 Å². The SMILES string of the molecule is COCCOCc1csc(NC(=O)NCc2ccc3c(c2)OCO3)n1. The molecule has 8 nitrogen and oxygen atoms in total. The van der Waals surface area contributed by atoms with Crippen molar-refractivity contribution in [1.29, 1.82) is 0 Å². The highest BCUT2D eigenvalue weighted by Crippen LogP contribution is 2.32. The van der Waals surface area contributed by atoms with Crippen LogP contribution in [0.5, 0.6) is 11.5 Å². The lowest BCUT2D eigenvalue weighted by atomic mass is 10.2. The summed E-state index contributed by atoms with van der Waals surface area (Å²) >= 11 is 1.35. The number of rotatable bonds is 8. The number of carbonyl (C=O) groups is 1. The number of thiazole rings is 1. The molecule has 25 heavy (non-hydrogen) atoms. The quantitative estimate of drug-likeness (QED) is 0.698. The Morgan fingerprint density at radius 1 is 1.32 bits per heavy atom. The number of hydrogen-bond acceptors (Lipinski definition) is 7. The summed E-state index contributed by atoms with van der Waals surface area (Å²) in [4.78, 5) is 16.3. The number of benzene rings is 1. The maximum atomic E-state index is 12.0. The molecular weight excluding hydrogens is 346 g/mol. The van der Waals surface area contributed by atoms with E-state index in [9.17, 15) is 4.79 Å². The number of nitrogens with zero attached hydrogens (tertiary/aromatic N) is 1. The minimum atomic E-state index is -0.320. The molecule has 0 bridgehead atoms. The fraction of sp³-hybridized carbons (Fsp3) is 0.375. The number of methoxy groups -OCH3 is 1. The zero-order chi connectivity index (χ0) is 17.5. The number of anilines is 1. The van der Waals surface area contributed by atoms with Gasteiger partial charge in [0.05, 0.1) is 25.5 Å². The summed E-state index contributed by atoms with van der Waals surface area (Å²) in [5.74, 6) is 1.41. The van der Waals surface area contributed by atoms with Gasteiger partial charge in [-0.15, -0.1) is 11.3 Å². The van der Waals surface area contributed by atoms with Crippen molar-refractivity contribution in [2.24, 2.45) is 0 Å². The molecule has 1 aliphatic heterocycles. The zero-order valence-corrected chi connectivity index (χ0v) is 14.6. The lowest BCUT2D eigenvalue weighted by Crippen LogP contribution is -2.28. The molecule has 0 fully saturated rings. The lowest BCUT2D eigenvalue weighted by Gasteiger charge is -2.06. The summed E-state index contributed by atoms with van der Waals surface area (Å²) in [6, 6.07) is 5.24. The molecule has 2 N–H and O–H groups in total. The highest BCUT2D eigenvalue weighted by molar-refractivity contribution is 7.13. The Morgan fingerprint density at radius 2 is 2.20 bits per heavy atom. The molecule has 1 aromatic heterocycles. The molecule has 0 unspecified atom stereocenters. The monoisotopic (exact) mass is 365 g/mol. The predicted molar refractivity (Wildman–Crippen MR) is 92.1 cm³/mol. The second-order valence-electron chi connectivity index (χ2n) is 5.18. The number of fused-ring (bicyclic) bond motifs is 1. The predicted octanol–water partition coefficient (Wildman–Crippen LogP) is 2.36. The second-order valence-corrected chi connectivity index (χ2v) is 6.04. The van der Waals surface area contributed by atoms with Gasteiger partial charge in [-0.2, -0.15) is 0 Å². The van der Waals surface area contributed by atoms with E-state index < -0.39 is 0 Å². The molecule has 2 aromatic rings. The first kappa shape index (κ1) is 17.5. The van der Waals surface area contributed by atoms with Gasteiger partial charge in [0, 0.05) is 19.0 Å². The fourth-order valence-electron chi connectivity index (χ4n) is 2.12. The van der Waals surface area contributed by atoms with Crippen LogP contribution in [0.3, 0.4) is 0 Å². The average molecular weight is 365 g/mol. The van der Waals surface area contributed by atoms with Gasteiger partial charge in [-0.25, -0.2) is 9.78 Å². The van der Waals surface area contributed by atoms with E-state index in [0.717, 1.165) is 17.0 Å². The molecule has 134 valence electrons. The van der Waals surface area contributed by atoms with E-state index in [0.29, 0.717) is 37.2 Å². The van der Waals surface area contributed by atoms with Crippen molar-refractivity contribution < 1.29 is 23.7 Å². The molecule has 0 atom stereocenters. The van der Waals surface area contributed by atoms with E-state index >= 15 is 0 Å². The van der Waals surface area contributed by atoms with Crippen molar-refractivity contribution in [3.8, 4) is 11.5 Å². The minimum absolute atomic E-state index is 0.230. The first-order valence-electron chi connectivity index (χ1n) is 7.69. The topological polar surface area (TPSA) is 90.9 Å². The first-order valence-corrected chi connectivity index (χ1v) is 8.57. The van der Waals surface area contributed by atoms with E-state index in [2.05, 4.69) is 15.6 Å². The Balaban J connectivity index is 1.42. The highest BCUT2D eigenvalue weighted by Gasteiger charge is 2.13. The van der Waals surface area contributed by atoms with Crippen molar-refractivity contribution in [2.75, 3.05) is 32.4 Å². The zero-order valence-electron chi connectivity index (χ0n) is 13.7. The van der Waals surface area contributed by atoms with Crippen LogP contribution < -0.4 is 20.1 Å². The summed E-state index contributed by atoms with van der Waals surface area (Å²) in [6.45, 7) is 2.04. The van der Waals surface area contributed by atoms with Gasteiger partial charge in [0.2, 0.25) is 6.79 Å². The molecule has 1 aromatic carbocycles. The van der Waals surface area contributed by atoms with E-state index in [-0.39, 0.29) is 12.8 Å². The van der Waals surface area contributed by atoms with Crippen molar-refractivity contribution >= 4 is 22.5 Å². The molecule has 3 rings (SSSR count). The largest absolute Gasteiger partial charge is 0.454 e. The lowest BCUT2D eigenvalue weighted by molar-refractivity contribution is 0.0604. The van der Waals surface area contributed by atoms with Crippen LogP contribution in [0.15, 0.2) is 23.6 Å². The van der Waals surface area contributed by atoms with Gasteiger partial charge in [-0.1, -0.05) is 6.07 Å². The van der Waals surface area contributed by atoms with Gasteiger partial charge in [0.15, 0.2) is 16.6 Å². The Bertz CT molecular complexity index is 722. The number of ether oxygens (including phenoxy) is 4. The number of carbonyl (C=O) groups excluding carboxylic acids is 1. The number of urea groups is 1. The summed E-state index contributed by atoms with van der Waals surface area (Å²) < 4.78 is 20.9. The molecule has 9 heteroatoms. The Hall–Kier alpha value is -2.36. The van der Waals surface area contributed by atoms with E-state index in [4.69, 9.17) is 18.9 Å². The van der Waals surface area contributed by atoms with Gasteiger partial charge >= 0.3 is 6.03 Å². The number of aromatic nitrogens is 1. The van der Waals surface area contributed by atoms with Gasteiger partial charge in [0.25, 0.3) is 0 Å². The maximum absolute atomic E-state index is 12.0. The fourth-order valence-corrected chi connectivity index (χ4v) is 2.81. The van der Waals surface area contributed by atoms with E-state index in [1.54, 1.807) is 7.11 Å². The third kappa shape index (κ3) is 5.05. The number of amides is 2. The van der Waals surface area contributed by atoms with Crippen LogP contribution in [0.25, 0.3) is 0 Å². The molecule has 1 aliphatic rings. The molecular formula is C16H19N3O5S. The molecule has 2 amide bonds. The average Bonchev–Trinajstić information content (AvgIpc) is 3.25. The molecule has 0 spiro atoms.